The zero-order valence-corrected chi connectivity index (χ0v) is 25.1. The second-order valence-corrected chi connectivity index (χ2v) is 11.3. The molecule has 3 atom stereocenters. The minimum atomic E-state index is -4.66. The summed E-state index contributed by atoms with van der Waals surface area (Å²) in [5.41, 5.74) is 2.83. The molecule has 0 aromatic heterocycles. The monoisotopic (exact) mass is 658 g/mol. The topological polar surface area (TPSA) is 149 Å². The van der Waals surface area contributed by atoms with Gasteiger partial charge in [0.1, 0.15) is 18.3 Å². The van der Waals surface area contributed by atoms with Crippen LogP contribution in [0.4, 0.5) is 13.2 Å². The molecule has 2 aliphatic carbocycles. The number of carbonyl (C=O) groups excluding carboxylic acids is 4. The fourth-order valence-corrected chi connectivity index (χ4v) is 5.69. The average molecular weight is 659 g/mol. The van der Waals surface area contributed by atoms with Crippen molar-refractivity contribution in [1.29, 1.82) is 0 Å². The van der Waals surface area contributed by atoms with E-state index in [4.69, 9.17) is 19.3 Å². The molecule has 0 saturated carbocycles. The molecule has 1 saturated heterocycles. The maximum absolute atomic E-state index is 13.4. The summed E-state index contributed by atoms with van der Waals surface area (Å²) < 4.78 is 59.9. The Morgan fingerprint density at radius 1 is 1.00 bits per heavy atom. The van der Waals surface area contributed by atoms with Crippen LogP contribution >= 0.6 is 0 Å². The van der Waals surface area contributed by atoms with Crippen LogP contribution in [0.1, 0.15) is 39.9 Å². The smallest absolute Gasteiger partial charge is 0.422 e. The molecule has 1 fully saturated rings. The van der Waals surface area contributed by atoms with Crippen LogP contribution < -0.4 is 10.6 Å². The van der Waals surface area contributed by atoms with E-state index in [-0.39, 0.29) is 49.6 Å². The van der Waals surface area contributed by atoms with Crippen molar-refractivity contribution in [2.75, 3.05) is 26.3 Å². The number of benzene rings is 2. The van der Waals surface area contributed by atoms with Gasteiger partial charge in [0.15, 0.2) is 12.4 Å². The van der Waals surface area contributed by atoms with E-state index >= 15 is 0 Å². The molecular weight excluding hydrogens is 625 g/mol. The van der Waals surface area contributed by atoms with Gasteiger partial charge in [-0.1, -0.05) is 36.4 Å². The Bertz CT molecular complexity index is 1550. The van der Waals surface area contributed by atoms with Crippen molar-refractivity contribution >= 4 is 29.8 Å². The maximum atomic E-state index is 13.4. The van der Waals surface area contributed by atoms with E-state index in [2.05, 4.69) is 15.4 Å². The molecule has 2 amide bonds. The normalized spacial score (nSPS) is 21.1. The summed E-state index contributed by atoms with van der Waals surface area (Å²) in [4.78, 5) is 50.0. The molecule has 2 aromatic rings. The molecule has 3 unspecified atom stereocenters. The van der Waals surface area contributed by atoms with Crippen molar-refractivity contribution in [2.45, 2.75) is 56.0 Å². The first-order chi connectivity index (χ1) is 22.4. The number of aliphatic hydroxyl groups is 1. The first-order valence-corrected chi connectivity index (χ1v) is 15.0. The Morgan fingerprint density at radius 2 is 1.74 bits per heavy atom. The highest BCUT2D eigenvalue weighted by molar-refractivity contribution is 5.95. The summed E-state index contributed by atoms with van der Waals surface area (Å²) in [6.07, 6.45) is -2.46. The van der Waals surface area contributed by atoms with Gasteiger partial charge < -0.3 is 34.7 Å². The van der Waals surface area contributed by atoms with Crippen molar-refractivity contribution in [3.8, 4) is 0 Å². The highest BCUT2D eigenvalue weighted by atomic mass is 19.4. The number of aliphatic hydroxyl groups excluding tert-OH is 1. The minimum Gasteiger partial charge on any atom is -0.456 e. The van der Waals surface area contributed by atoms with Gasteiger partial charge in [0.25, 0.3) is 0 Å². The Labute approximate surface area is 267 Å². The first-order valence-electron chi connectivity index (χ1n) is 15.0. The number of esters is 2. The molecule has 3 N–H and O–H groups in total. The molecular formula is C33H33F3N2O9. The molecule has 1 heterocycles. The second kappa shape index (κ2) is 14.5. The molecule has 11 nitrogen and oxygen atoms in total. The fraction of sp³-hybridized carbons (Fsp3) is 0.394. The van der Waals surface area contributed by atoms with Crippen molar-refractivity contribution in [1.82, 2.24) is 10.6 Å². The summed E-state index contributed by atoms with van der Waals surface area (Å²) in [6.45, 7) is -1.79. The van der Waals surface area contributed by atoms with Crippen molar-refractivity contribution in [2.24, 2.45) is 0 Å². The molecule has 14 heteroatoms. The Balaban J connectivity index is 1.29. The summed E-state index contributed by atoms with van der Waals surface area (Å²) in [6, 6.07) is 13.7. The van der Waals surface area contributed by atoms with Crippen LogP contribution in [0.15, 0.2) is 66.3 Å². The molecule has 0 radical (unpaired) electrons. The highest BCUT2D eigenvalue weighted by Gasteiger charge is 2.55. The number of amides is 2. The van der Waals surface area contributed by atoms with Gasteiger partial charge in [0, 0.05) is 50.4 Å². The van der Waals surface area contributed by atoms with Gasteiger partial charge in [-0.2, -0.15) is 13.2 Å². The Morgan fingerprint density at radius 3 is 2.45 bits per heavy atom. The predicted molar refractivity (Wildman–Crippen MR) is 158 cm³/mol. The Hall–Kier alpha value is -4.53. The van der Waals surface area contributed by atoms with Crippen LogP contribution in [0.3, 0.4) is 0 Å². The second-order valence-electron chi connectivity index (χ2n) is 11.3. The summed E-state index contributed by atoms with van der Waals surface area (Å²) in [7, 11) is 0. The predicted octanol–water partition coefficient (Wildman–Crippen LogP) is 2.55. The van der Waals surface area contributed by atoms with Crippen LogP contribution in [0.5, 0.6) is 0 Å². The molecule has 5 rings (SSSR count). The van der Waals surface area contributed by atoms with Crippen LogP contribution in [-0.4, -0.2) is 85.4 Å². The highest BCUT2D eigenvalue weighted by Crippen LogP contribution is 2.45. The third kappa shape index (κ3) is 8.84. The van der Waals surface area contributed by atoms with E-state index in [1.165, 1.54) is 30.3 Å². The number of carbonyl (C=O) groups is 4. The van der Waals surface area contributed by atoms with Gasteiger partial charge in [0.05, 0.1) is 12.2 Å². The lowest BCUT2D eigenvalue weighted by Crippen LogP contribution is -2.44. The molecule has 250 valence electrons. The lowest BCUT2D eigenvalue weighted by atomic mass is 9.91. The van der Waals surface area contributed by atoms with Crippen molar-refractivity contribution in [3.63, 3.8) is 0 Å². The Kier molecular flexibility index (Phi) is 10.4. The minimum absolute atomic E-state index is 0.00466. The molecule has 0 bridgehead atoms. The lowest BCUT2D eigenvalue weighted by molar-refractivity contribution is -0.182. The van der Waals surface area contributed by atoms with Crippen LogP contribution in [0.2, 0.25) is 0 Å². The van der Waals surface area contributed by atoms with Crippen molar-refractivity contribution < 1.29 is 56.4 Å². The van der Waals surface area contributed by atoms with E-state index in [0.29, 0.717) is 18.4 Å². The average Bonchev–Trinajstić information content (AvgIpc) is 3.59. The third-order valence-electron chi connectivity index (χ3n) is 7.75. The van der Waals surface area contributed by atoms with Crippen molar-refractivity contribution in [3.05, 3.63) is 88.5 Å². The van der Waals surface area contributed by atoms with Crippen LogP contribution in [-0.2, 0) is 46.2 Å². The number of hydrogen-bond donors (Lipinski definition) is 3. The van der Waals surface area contributed by atoms with E-state index < -0.39 is 54.7 Å². The summed E-state index contributed by atoms with van der Waals surface area (Å²) >= 11 is 0. The molecule has 3 aliphatic rings. The molecule has 1 spiro atoms. The number of hydrogen-bond acceptors (Lipinski definition) is 9. The van der Waals surface area contributed by atoms with Gasteiger partial charge in [-0.05, 0) is 41.0 Å². The molecule has 2 aromatic carbocycles. The molecule has 1 aliphatic heterocycles. The van der Waals surface area contributed by atoms with Crippen LogP contribution in [0.25, 0.3) is 6.08 Å². The van der Waals surface area contributed by atoms with Gasteiger partial charge >= 0.3 is 18.1 Å². The van der Waals surface area contributed by atoms with E-state index in [0.717, 1.165) is 17.2 Å². The van der Waals surface area contributed by atoms with Gasteiger partial charge in [-0.15, -0.1) is 0 Å². The van der Waals surface area contributed by atoms with E-state index in [1.54, 1.807) is 6.08 Å². The third-order valence-corrected chi connectivity index (χ3v) is 7.75. The molecule has 47 heavy (non-hydrogen) atoms. The first kappa shape index (κ1) is 33.8. The maximum Gasteiger partial charge on any atom is 0.422 e. The number of ether oxygens (including phenoxy) is 4. The zero-order chi connectivity index (χ0) is 33.6. The van der Waals surface area contributed by atoms with E-state index in [9.17, 15) is 32.3 Å². The number of rotatable bonds is 11. The summed E-state index contributed by atoms with van der Waals surface area (Å²) in [5, 5.41) is 14.1. The van der Waals surface area contributed by atoms with Gasteiger partial charge in [0.2, 0.25) is 11.8 Å². The lowest BCUT2D eigenvalue weighted by Gasteiger charge is -2.30. The fourth-order valence-electron chi connectivity index (χ4n) is 5.69. The van der Waals surface area contributed by atoms with Crippen LogP contribution in [0, 0.1) is 0 Å². The van der Waals surface area contributed by atoms with Gasteiger partial charge in [-0.25, -0.2) is 9.59 Å². The zero-order valence-electron chi connectivity index (χ0n) is 25.1. The largest absolute Gasteiger partial charge is 0.456 e. The quantitative estimate of drug-likeness (QED) is 0.245. The number of halogens is 3. The number of fused-ring (bicyclic) bond motifs is 2. The summed E-state index contributed by atoms with van der Waals surface area (Å²) in [5.74, 6) is -3.78. The standard InChI is InChI=1S/C33H33F3N2O9/c34-33(35,36)19-44-28(41)9-8-20-4-3-7-21(14-20)31(43)45-25-15-24(30(42)38-11-10-27(40)37-12-13-39)16-26-29(25)47-32(46-26)17-22-5-1-2-6-23(22)18-32/h1-9,14,16,25-26,29,39H,10-13,15,17-19H2,(H,37,40)(H,38,42). The van der Waals surface area contributed by atoms with Gasteiger partial charge in [-0.3, -0.25) is 9.59 Å². The van der Waals surface area contributed by atoms with E-state index in [1.807, 2.05) is 24.3 Å². The number of alkyl halides is 3. The number of nitrogens with one attached hydrogen (secondary N) is 2. The SMILES string of the molecule is O=C(CCNC(=O)C1=CC2OC3(Cc4ccccc4C3)OC2C(OC(=O)c2cccc(C=CC(=O)OCC(F)(F)F)c2)C1)NCCO.